The fraction of sp³-hybridized carbons (Fsp3) is 0.167. The molecule has 4 heteroatoms. The van der Waals surface area contributed by atoms with Gasteiger partial charge in [-0.15, -0.1) is 0 Å². The second-order valence-electron chi connectivity index (χ2n) is 5.53. The van der Waals surface area contributed by atoms with Crippen LogP contribution in [0.25, 0.3) is 33.1 Å². The van der Waals surface area contributed by atoms with Crippen LogP contribution in [0.2, 0.25) is 0 Å². The molecule has 0 unspecified atom stereocenters. The van der Waals surface area contributed by atoms with Crippen LogP contribution in [0.3, 0.4) is 0 Å². The van der Waals surface area contributed by atoms with E-state index in [4.69, 9.17) is 15.2 Å². The maximum absolute atomic E-state index is 9.13. The van der Waals surface area contributed by atoms with Crippen molar-refractivity contribution >= 4 is 33.1 Å². The Morgan fingerprint density at radius 1 is 1.05 bits per heavy atom. The van der Waals surface area contributed by atoms with E-state index in [2.05, 4.69) is 26.0 Å². The van der Waals surface area contributed by atoms with E-state index in [0.717, 1.165) is 38.7 Å². The van der Waals surface area contributed by atoms with Crippen molar-refractivity contribution in [2.45, 2.75) is 20.4 Å². The van der Waals surface area contributed by atoms with Crippen LogP contribution in [0.1, 0.15) is 11.1 Å². The molecule has 106 valence electrons. The zero-order chi connectivity index (χ0) is 15.3. The fourth-order valence-corrected chi connectivity index (χ4v) is 2.97. The third kappa shape index (κ3) is 1.63. The second kappa shape index (κ2) is 4.54. The lowest BCUT2D eigenvalue weighted by molar-refractivity contribution is 0.896. The van der Waals surface area contributed by atoms with Gasteiger partial charge in [0.15, 0.2) is 5.65 Å². The summed E-state index contributed by atoms with van der Waals surface area (Å²) < 4.78 is 1.94. The number of rotatable bonds is 1. The molecule has 0 bridgehead atoms. The SMILES string of the molecule is Cc1ccc2nc3c(nc2c1C)c1ccccc1n3CC#N. The molecule has 4 aromatic rings. The molecular formula is C18H14N4. The number of nitriles is 1. The Morgan fingerprint density at radius 2 is 1.86 bits per heavy atom. The number of para-hydroxylation sites is 1. The van der Waals surface area contributed by atoms with Gasteiger partial charge in [-0.25, -0.2) is 9.97 Å². The van der Waals surface area contributed by atoms with Crippen LogP contribution >= 0.6 is 0 Å². The second-order valence-corrected chi connectivity index (χ2v) is 5.53. The smallest absolute Gasteiger partial charge is 0.161 e. The van der Waals surface area contributed by atoms with E-state index >= 15 is 0 Å². The highest BCUT2D eigenvalue weighted by atomic mass is 15.1. The molecule has 22 heavy (non-hydrogen) atoms. The lowest BCUT2D eigenvalue weighted by Gasteiger charge is -2.05. The Hall–Kier alpha value is -2.93. The zero-order valence-corrected chi connectivity index (χ0v) is 12.5. The summed E-state index contributed by atoms with van der Waals surface area (Å²) in [5, 5.41) is 10.2. The van der Waals surface area contributed by atoms with Gasteiger partial charge in [-0.3, -0.25) is 0 Å². The van der Waals surface area contributed by atoms with Crippen molar-refractivity contribution in [1.29, 1.82) is 5.26 Å². The maximum atomic E-state index is 9.13. The van der Waals surface area contributed by atoms with Crippen LogP contribution in [0.5, 0.6) is 0 Å². The van der Waals surface area contributed by atoms with Crippen molar-refractivity contribution in [1.82, 2.24) is 14.5 Å². The van der Waals surface area contributed by atoms with Crippen molar-refractivity contribution in [3.05, 3.63) is 47.5 Å². The van der Waals surface area contributed by atoms with E-state index in [1.165, 1.54) is 5.56 Å². The molecular weight excluding hydrogens is 272 g/mol. The Balaban J connectivity index is 2.25. The summed E-state index contributed by atoms with van der Waals surface area (Å²) in [5.41, 5.74) is 6.82. The number of benzene rings is 2. The molecule has 0 amide bonds. The summed E-state index contributed by atoms with van der Waals surface area (Å²) in [6.45, 7) is 4.43. The normalized spacial score (nSPS) is 11.3. The monoisotopic (exact) mass is 286 g/mol. The van der Waals surface area contributed by atoms with E-state index in [-0.39, 0.29) is 6.54 Å². The minimum atomic E-state index is 0.273. The molecule has 0 atom stereocenters. The Morgan fingerprint density at radius 3 is 2.68 bits per heavy atom. The van der Waals surface area contributed by atoms with E-state index in [0.29, 0.717) is 0 Å². The van der Waals surface area contributed by atoms with Crippen LogP contribution in [-0.2, 0) is 6.54 Å². The van der Waals surface area contributed by atoms with Crippen molar-refractivity contribution in [3.8, 4) is 6.07 Å². The third-order valence-corrected chi connectivity index (χ3v) is 4.28. The van der Waals surface area contributed by atoms with Gasteiger partial charge < -0.3 is 4.57 Å². The first-order valence-electron chi connectivity index (χ1n) is 7.22. The van der Waals surface area contributed by atoms with Gasteiger partial charge in [0.05, 0.1) is 22.6 Å². The molecule has 0 aliphatic carbocycles. The first-order valence-corrected chi connectivity index (χ1v) is 7.22. The van der Waals surface area contributed by atoms with Gasteiger partial charge >= 0.3 is 0 Å². The van der Waals surface area contributed by atoms with Crippen molar-refractivity contribution < 1.29 is 0 Å². The molecule has 2 heterocycles. The third-order valence-electron chi connectivity index (χ3n) is 4.28. The summed E-state index contributed by atoms with van der Waals surface area (Å²) >= 11 is 0. The predicted octanol–water partition coefficient (Wildman–Crippen LogP) is 3.88. The van der Waals surface area contributed by atoms with Crippen molar-refractivity contribution in [2.24, 2.45) is 0 Å². The molecule has 0 aliphatic heterocycles. The number of hydrogen-bond acceptors (Lipinski definition) is 3. The van der Waals surface area contributed by atoms with E-state index in [1.54, 1.807) is 0 Å². The summed E-state index contributed by atoms with van der Waals surface area (Å²) in [6, 6.07) is 14.3. The van der Waals surface area contributed by atoms with Crippen molar-refractivity contribution in [3.63, 3.8) is 0 Å². The molecule has 2 aromatic heterocycles. The number of aryl methyl sites for hydroxylation is 2. The van der Waals surface area contributed by atoms with Gasteiger partial charge in [0.1, 0.15) is 12.1 Å². The first-order chi connectivity index (χ1) is 10.7. The molecule has 4 rings (SSSR count). The van der Waals surface area contributed by atoms with Gasteiger partial charge in [-0.1, -0.05) is 24.3 Å². The number of aromatic nitrogens is 3. The molecule has 0 saturated heterocycles. The molecule has 0 radical (unpaired) electrons. The van der Waals surface area contributed by atoms with Crippen molar-refractivity contribution in [2.75, 3.05) is 0 Å². The first kappa shape index (κ1) is 12.8. The highest BCUT2D eigenvalue weighted by Gasteiger charge is 2.14. The molecule has 0 N–H and O–H groups in total. The van der Waals surface area contributed by atoms with Gasteiger partial charge in [0.2, 0.25) is 0 Å². The average molecular weight is 286 g/mol. The molecule has 0 saturated carbocycles. The average Bonchev–Trinajstić information content (AvgIpc) is 2.84. The number of fused-ring (bicyclic) bond motifs is 4. The number of nitrogens with zero attached hydrogens (tertiary/aromatic N) is 4. The van der Waals surface area contributed by atoms with E-state index in [9.17, 15) is 0 Å². The van der Waals surface area contributed by atoms with Gasteiger partial charge in [0, 0.05) is 5.39 Å². The molecule has 2 aromatic carbocycles. The van der Waals surface area contributed by atoms with Gasteiger partial charge in [-0.2, -0.15) is 5.26 Å². The summed E-state index contributed by atoms with van der Waals surface area (Å²) in [7, 11) is 0. The van der Waals surface area contributed by atoms with Crippen LogP contribution in [-0.4, -0.2) is 14.5 Å². The van der Waals surface area contributed by atoms with Gasteiger partial charge in [0.25, 0.3) is 0 Å². The largest absolute Gasteiger partial charge is 0.310 e. The van der Waals surface area contributed by atoms with Crippen LogP contribution in [0.4, 0.5) is 0 Å². The quantitative estimate of drug-likeness (QED) is 0.533. The minimum absolute atomic E-state index is 0.273. The molecule has 0 aliphatic rings. The van der Waals surface area contributed by atoms with Gasteiger partial charge in [-0.05, 0) is 37.1 Å². The van der Waals surface area contributed by atoms with E-state index < -0.39 is 0 Å². The molecule has 0 fully saturated rings. The molecule has 0 spiro atoms. The predicted molar refractivity (Wildman–Crippen MR) is 87.6 cm³/mol. The molecule has 4 nitrogen and oxygen atoms in total. The van der Waals surface area contributed by atoms with Crippen LogP contribution in [0.15, 0.2) is 36.4 Å². The summed E-state index contributed by atoms with van der Waals surface area (Å²) in [4.78, 5) is 9.66. The highest BCUT2D eigenvalue weighted by molar-refractivity contribution is 6.06. The summed E-state index contributed by atoms with van der Waals surface area (Å²) in [5.74, 6) is 0. The summed E-state index contributed by atoms with van der Waals surface area (Å²) in [6.07, 6.45) is 0. The Labute approximate surface area is 127 Å². The number of hydrogen-bond donors (Lipinski definition) is 0. The minimum Gasteiger partial charge on any atom is -0.310 e. The topological polar surface area (TPSA) is 54.5 Å². The lowest BCUT2D eigenvalue weighted by Crippen LogP contribution is -1.98. The standard InChI is InChI=1S/C18H14N4/c1-11-7-8-14-16(12(11)2)21-17-13-5-3-4-6-15(13)22(10-9-19)18(17)20-14/h3-8H,10H2,1-2H3. The van der Waals surface area contributed by atoms with Crippen LogP contribution in [0, 0.1) is 25.2 Å². The zero-order valence-electron chi connectivity index (χ0n) is 12.5. The van der Waals surface area contributed by atoms with E-state index in [1.807, 2.05) is 34.9 Å². The maximum Gasteiger partial charge on any atom is 0.161 e. The van der Waals surface area contributed by atoms with Crippen LogP contribution < -0.4 is 0 Å². The lowest BCUT2D eigenvalue weighted by atomic mass is 10.1. The Kier molecular flexibility index (Phi) is 2.64. The highest BCUT2D eigenvalue weighted by Crippen LogP contribution is 2.29. The fourth-order valence-electron chi connectivity index (χ4n) is 2.97. The Bertz CT molecular complexity index is 1080.